The van der Waals surface area contributed by atoms with Crippen LogP contribution in [0.4, 0.5) is 13.2 Å². The summed E-state index contributed by atoms with van der Waals surface area (Å²) in [5.41, 5.74) is 3.38. The molecular weight excluding hydrogens is 505 g/mol. The molecule has 6 rings (SSSR count). The maximum atomic E-state index is 13.8. The normalized spacial score (nSPS) is 16.4. The number of amides is 1. The van der Waals surface area contributed by atoms with Gasteiger partial charge in [-0.3, -0.25) is 4.79 Å². The highest BCUT2D eigenvalue weighted by Crippen LogP contribution is 2.33. The van der Waals surface area contributed by atoms with Gasteiger partial charge < -0.3 is 14.3 Å². The number of aliphatic imine (C=N–C) groups is 1. The molecule has 0 bridgehead atoms. The van der Waals surface area contributed by atoms with Gasteiger partial charge >= 0.3 is 0 Å². The van der Waals surface area contributed by atoms with Crippen molar-refractivity contribution in [3.8, 4) is 0 Å². The van der Waals surface area contributed by atoms with Crippen LogP contribution in [0.15, 0.2) is 82.3 Å². The maximum absolute atomic E-state index is 13.8. The van der Waals surface area contributed by atoms with Crippen molar-refractivity contribution in [3.63, 3.8) is 0 Å². The van der Waals surface area contributed by atoms with Gasteiger partial charge in [-0.1, -0.05) is 5.16 Å². The number of hydrogen-bond donors (Lipinski definition) is 0. The van der Waals surface area contributed by atoms with Crippen molar-refractivity contribution in [1.82, 2.24) is 15.0 Å². The van der Waals surface area contributed by atoms with Crippen LogP contribution in [0.2, 0.25) is 0 Å². The van der Waals surface area contributed by atoms with Gasteiger partial charge in [-0.05, 0) is 85.6 Å². The summed E-state index contributed by atoms with van der Waals surface area (Å²) in [7, 11) is 0. The van der Waals surface area contributed by atoms with Gasteiger partial charge in [-0.25, -0.2) is 18.2 Å². The molecule has 9 heteroatoms. The second-order valence-corrected chi connectivity index (χ2v) is 9.78. The van der Waals surface area contributed by atoms with Crippen molar-refractivity contribution in [1.29, 1.82) is 0 Å². The number of aromatic nitrogens is 1. The third-order valence-electron chi connectivity index (χ3n) is 7.29. The van der Waals surface area contributed by atoms with E-state index in [9.17, 15) is 18.0 Å². The lowest BCUT2D eigenvalue weighted by Gasteiger charge is -2.34. The number of carbonyl (C=O) groups excluding carboxylic acids is 1. The van der Waals surface area contributed by atoms with E-state index in [-0.39, 0.29) is 35.8 Å². The SMILES string of the molecule is O=C(CN1CC=C(c2ccc(F)cc2)N=C1c1ccc(F)cc1)N1CCC(c2noc3ccc(F)cc23)CC1. The van der Waals surface area contributed by atoms with E-state index in [1.54, 1.807) is 30.3 Å². The first-order chi connectivity index (χ1) is 18.9. The number of likely N-dealkylation sites (tertiary alicyclic amines) is 1. The van der Waals surface area contributed by atoms with Crippen LogP contribution >= 0.6 is 0 Å². The van der Waals surface area contributed by atoms with E-state index in [4.69, 9.17) is 9.52 Å². The molecule has 39 heavy (non-hydrogen) atoms. The van der Waals surface area contributed by atoms with Crippen molar-refractivity contribution < 1.29 is 22.5 Å². The summed E-state index contributed by atoms with van der Waals surface area (Å²) >= 11 is 0. The van der Waals surface area contributed by atoms with Crippen LogP contribution in [-0.4, -0.2) is 52.9 Å². The third-order valence-corrected chi connectivity index (χ3v) is 7.29. The smallest absolute Gasteiger partial charge is 0.242 e. The molecule has 3 aromatic carbocycles. The van der Waals surface area contributed by atoms with Crippen molar-refractivity contribution in [2.45, 2.75) is 18.8 Å². The molecule has 0 atom stereocenters. The van der Waals surface area contributed by atoms with Gasteiger partial charge in [0.05, 0.1) is 17.9 Å². The highest BCUT2D eigenvalue weighted by molar-refractivity contribution is 6.04. The topological polar surface area (TPSA) is 61.9 Å². The highest BCUT2D eigenvalue weighted by Gasteiger charge is 2.29. The molecule has 0 radical (unpaired) electrons. The predicted molar refractivity (Wildman–Crippen MR) is 141 cm³/mol. The fraction of sp³-hybridized carbons (Fsp3) is 0.233. The molecule has 1 fully saturated rings. The predicted octanol–water partition coefficient (Wildman–Crippen LogP) is 5.75. The second kappa shape index (κ2) is 10.4. The Balaban J connectivity index is 1.17. The first-order valence-corrected chi connectivity index (χ1v) is 12.8. The Morgan fingerprint density at radius 2 is 1.51 bits per heavy atom. The number of hydrogen-bond acceptors (Lipinski definition) is 5. The molecule has 1 saturated heterocycles. The summed E-state index contributed by atoms with van der Waals surface area (Å²) in [6, 6.07) is 16.4. The first-order valence-electron chi connectivity index (χ1n) is 12.8. The van der Waals surface area contributed by atoms with Crippen molar-refractivity contribution in [2.75, 3.05) is 26.2 Å². The van der Waals surface area contributed by atoms with Gasteiger partial charge in [-0.15, -0.1) is 0 Å². The molecule has 3 heterocycles. The Labute approximate surface area is 223 Å². The fourth-order valence-corrected chi connectivity index (χ4v) is 5.19. The average Bonchev–Trinajstić information content (AvgIpc) is 3.37. The van der Waals surface area contributed by atoms with Crippen molar-refractivity contribution >= 4 is 28.4 Å². The zero-order valence-electron chi connectivity index (χ0n) is 21.0. The Hall–Kier alpha value is -4.40. The lowest BCUT2D eigenvalue weighted by atomic mass is 9.91. The summed E-state index contributed by atoms with van der Waals surface area (Å²) in [5, 5.41) is 4.86. The highest BCUT2D eigenvalue weighted by atomic mass is 19.1. The quantitative estimate of drug-likeness (QED) is 0.330. The molecule has 6 nitrogen and oxygen atoms in total. The zero-order valence-corrected chi connectivity index (χ0v) is 21.0. The maximum Gasteiger partial charge on any atom is 0.242 e. The van der Waals surface area contributed by atoms with Crippen LogP contribution in [0.5, 0.6) is 0 Å². The molecule has 1 amide bonds. The van der Waals surface area contributed by atoms with Crippen LogP contribution in [-0.2, 0) is 4.79 Å². The standard InChI is InChI=1S/C30H25F3N4O2/c31-22-5-1-19(2-6-22)26-13-16-37(30(34-26)21-3-7-23(32)8-4-21)18-28(38)36-14-11-20(12-15-36)29-25-17-24(33)9-10-27(25)39-35-29/h1-10,13,17,20H,11-12,14-16,18H2. The molecule has 2 aliphatic rings. The number of carbonyl (C=O) groups is 1. The van der Waals surface area contributed by atoms with E-state index in [0.717, 1.165) is 11.3 Å². The molecule has 0 spiro atoms. The number of fused-ring (bicyclic) bond motifs is 1. The second-order valence-electron chi connectivity index (χ2n) is 9.78. The van der Waals surface area contributed by atoms with Gasteiger partial charge in [0.1, 0.15) is 23.3 Å². The molecule has 2 aliphatic heterocycles. The minimum atomic E-state index is -0.363. The lowest BCUT2D eigenvalue weighted by Crippen LogP contribution is -2.46. The zero-order chi connectivity index (χ0) is 26.9. The fourth-order valence-electron chi connectivity index (χ4n) is 5.19. The molecule has 0 N–H and O–H groups in total. The Kier molecular flexibility index (Phi) is 6.64. The minimum Gasteiger partial charge on any atom is -0.356 e. The molecule has 0 unspecified atom stereocenters. The van der Waals surface area contributed by atoms with E-state index < -0.39 is 0 Å². The van der Waals surface area contributed by atoms with Gasteiger partial charge in [0.25, 0.3) is 0 Å². The van der Waals surface area contributed by atoms with Gasteiger partial charge in [-0.2, -0.15) is 0 Å². The Morgan fingerprint density at radius 1 is 0.872 bits per heavy atom. The van der Waals surface area contributed by atoms with Crippen LogP contribution in [0.25, 0.3) is 16.7 Å². The summed E-state index contributed by atoms with van der Waals surface area (Å²) in [6.07, 6.45) is 3.28. The number of rotatable bonds is 5. The lowest BCUT2D eigenvalue weighted by molar-refractivity contribution is -0.132. The number of nitrogens with zero attached hydrogens (tertiary/aromatic N) is 4. The number of amidine groups is 1. The summed E-state index contributed by atoms with van der Waals surface area (Å²) in [4.78, 5) is 21.8. The first kappa shape index (κ1) is 24.9. The Morgan fingerprint density at radius 3 is 2.21 bits per heavy atom. The van der Waals surface area contributed by atoms with Gasteiger partial charge in [0.2, 0.25) is 5.91 Å². The number of benzene rings is 3. The van der Waals surface area contributed by atoms with Gasteiger partial charge in [0.15, 0.2) is 5.58 Å². The molecular formula is C30H25F3N4O2. The summed E-state index contributed by atoms with van der Waals surface area (Å²) in [6.45, 7) is 1.61. The summed E-state index contributed by atoms with van der Waals surface area (Å²) in [5.74, 6) is -0.453. The van der Waals surface area contributed by atoms with Crippen molar-refractivity contribution in [3.05, 3.63) is 107 Å². The third kappa shape index (κ3) is 5.16. The number of piperidine rings is 1. The average molecular weight is 531 g/mol. The number of halogens is 3. The molecule has 4 aromatic rings. The molecule has 0 saturated carbocycles. The van der Waals surface area contributed by atoms with E-state index in [2.05, 4.69) is 5.16 Å². The Bertz CT molecular complexity index is 1570. The molecule has 1 aromatic heterocycles. The van der Waals surface area contributed by atoms with Crippen LogP contribution in [0.3, 0.4) is 0 Å². The van der Waals surface area contributed by atoms with Crippen LogP contribution < -0.4 is 0 Å². The minimum absolute atomic E-state index is 0.0436. The van der Waals surface area contributed by atoms with E-state index >= 15 is 0 Å². The van der Waals surface area contributed by atoms with Gasteiger partial charge in [0, 0.05) is 42.1 Å². The van der Waals surface area contributed by atoms with Crippen LogP contribution in [0, 0.1) is 17.5 Å². The molecule has 198 valence electrons. The monoisotopic (exact) mass is 530 g/mol. The largest absolute Gasteiger partial charge is 0.356 e. The van der Waals surface area contributed by atoms with E-state index in [1.807, 2.05) is 15.9 Å². The van der Waals surface area contributed by atoms with E-state index in [0.29, 0.717) is 60.5 Å². The van der Waals surface area contributed by atoms with Crippen molar-refractivity contribution in [2.24, 2.45) is 4.99 Å². The summed E-state index contributed by atoms with van der Waals surface area (Å²) < 4.78 is 46.2. The van der Waals surface area contributed by atoms with E-state index in [1.165, 1.54) is 36.4 Å². The molecule has 0 aliphatic carbocycles. The van der Waals surface area contributed by atoms with Crippen LogP contribution in [0.1, 0.15) is 35.6 Å².